The van der Waals surface area contributed by atoms with Crippen molar-refractivity contribution in [3.63, 3.8) is 0 Å². The van der Waals surface area contributed by atoms with Gasteiger partial charge in [-0.3, -0.25) is 0 Å². The third-order valence-corrected chi connectivity index (χ3v) is 5.14. The molecule has 1 aliphatic heterocycles. The van der Waals surface area contributed by atoms with E-state index in [4.69, 9.17) is 4.74 Å². The second kappa shape index (κ2) is 5.57. The molecule has 0 saturated heterocycles. The quantitative estimate of drug-likeness (QED) is 0.651. The lowest BCUT2D eigenvalue weighted by atomic mass is 9.94. The molecule has 1 heterocycles. The van der Waals surface area contributed by atoms with E-state index in [1.165, 1.54) is 17.8 Å². The van der Waals surface area contributed by atoms with Crippen LogP contribution in [-0.4, -0.2) is 22.3 Å². The van der Waals surface area contributed by atoms with Gasteiger partial charge in [-0.2, -0.15) is 0 Å². The van der Waals surface area contributed by atoms with Crippen LogP contribution >= 0.6 is 11.8 Å². The zero-order valence-electron chi connectivity index (χ0n) is 12.2. The Morgan fingerprint density at radius 2 is 1.86 bits per heavy atom. The largest absolute Gasteiger partial charge is 0.508 e. The normalized spacial score (nSPS) is 20.4. The molecule has 22 heavy (non-hydrogen) atoms. The van der Waals surface area contributed by atoms with Crippen LogP contribution in [0.25, 0.3) is 0 Å². The number of aryl methyl sites for hydroxylation is 1. The number of aromatic hydroxyl groups is 2. The third kappa shape index (κ3) is 2.41. The summed E-state index contributed by atoms with van der Waals surface area (Å²) in [4.78, 5) is 13.1. The summed E-state index contributed by atoms with van der Waals surface area (Å²) in [5.74, 6) is -0.700. The van der Waals surface area contributed by atoms with E-state index >= 15 is 0 Å². The number of fused-ring (bicyclic) bond motifs is 1. The van der Waals surface area contributed by atoms with E-state index < -0.39 is 12.1 Å². The third-order valence-electron chi connectivity index (χ3n) is 3.72. The second-order valence-corrected chi connectivity index (χ2v) is 6.53. The summed E-state index contributed by atoms with van der Waals surface area (Å²) in [6.07, 6.45) is -0.404. The number of rotatable bonds is 2. The first-order valence-corrected chi connectivity index (χ1v) is 7.85. The van der Waals surface area contributed by atoms with Gasteiger partial charge in [-0.1, -0.05) is 18.2 Å². The number of phenols is 2. The molecule has 0 spiro atoms. The van der Waals surface area contributed by atoms with Crippen LogP contribution in [0.5, 0.6) is 11.5 Å². The summed E-state index contributed by atoms with van der Waals surface area (Å²) in [6.45, 7) is 3.43. The average molecular weight is 316 g/mol. The molecule has 0 fully saturated rings. The van der Waals surface area contributed by atoms with Gasteiger partial charge in [-0.15, -0.1) is 11.8 Å². The Kier molecular flexibility index (Phi) is 3.74. The lowest BCUT2D eigenvalue weighted by Crippen LogP contribution is -2.28. The van der Waals surface area contributed by atoms with Crippen LogP contribution in [0.4, 0.5) is 0 Å². The number of hydrogen-bond acceptors (Lipinski definition) is 5. The Morgan fingerprint density at radius 3 is 2.55 bits per heavy atom. The zero-order valence-corrected chi connectivity index (χ0v) is 13.1. The first-order chi connectivity index (χ1) is 10.5. The van der Waals surface area contributed by atoms with Crippen molar-refractivity contribution < 1.29 is 19.7 Å². The Balaban J connectivity index is 2.12. The minimum atomic E-state index is -0.594. The topological polar surface area (TPSA) is 66.8 Å². The summed E-state index contributed by atoms with van der Waals surface area (Å²) in [6, 6.07) is 11.2. The van der Waals surface area contributed by atoms with Gasteiger partial charge in [0.05, 0.1) is 5.25 Å². The van der Waals surface area contributed by atoms with Gasteiger partial charge in [0.1, 0.15) is 23.2 Å². The minimum Gasteiger partial charge on any atom is -0.508 e. The van der Waals surface area contributed by atoms with Crippen molar-refractivity contribution >= 4 is 17.7 Å². The van der Waals surface area contributed by atoms with Crippen LogP contribution in [0.3, 0.4) is 0 Å². The number of benzene rings is 2. The van der Waals surface area contributed by atoms with Gasteiger partial charge in [0, 0.05) is 10.5 Å². The second-order valence-electron chi connectivity index (χ2n) is 5.31. The number of ether oxygens (including phenoxy) is 1. The molecule has 4 nitrogen and oxygen atoms in total. The van der Waals surface area contributed by atoms with Crippen LogP contribution in [0.15, 0.2) is 41.3 Å². The Labute approximate surface area is 132 Å². The summed E-state index contributed by atoms with van der Waals surface area (Å²) in [5, 5.41) is 20.2. The highest BCUT2D eigenvalue weighted by Gasteiger charge is 2.38. The van der Waals surface area contributed by atoms with Crippen molar-refractivity contribution in [1.82, 2.24) is 0 Å². The van der Waals surface area contributed by atoms with Crippen LogP contribution in [-0.2, 0) is 4.74 Å². The molecular formula is C17H16O4S. The van der Waals surface area contributed by atoms with E-state index in [1.807, 2.05) is 30.3 Å². The molecular weight excluding hydrogens is 300 g/mol. The lowest BCUT2D eigenvalue weighted by Gasteiger charge is -2.31. The predicted molar refractivity (Wildman–Crippen MR) is 84.4 cm³/mol. The van der Waals surface area contributed by atoms with E-state index in [-0.39, 0.29) is 22.3 Å². The molecule has 114 valence electrons. The molecule has 5 heteroatoms. The monoisotopic (exact) mass is 316 g/mol. The Morgan fingerprint density at radius 1 is 1.18 bits per heavy atom. The molecule has 0 radical (unpaired) electrons. The van der Waals surface area contributed by atoms with Gasteiger partial charge in [0.25, 0.3) is 0 Å². The number of cyclic esters (lactones) is 1. The van der Waals surface area contributed by atoms with E-state index in [0.29, 0.717) is 11.1 Å². The summed E-state index contributed by atoms with van der Waals surface area (Å²) in [7, 11) is 0. The van der Waals surface area contributed by atoms with Crippen molar-refractivity contribution in [2.45, 2.75) is 30.1 Å². The molecule has 2 N–H and O–H groups in total. The van der Waals surface area contributed by atoms with Gasteiger partial charge in [-0.05, 0) is 37.6 Å². The van der Waals surface area contributed by atoms with Crippen LogP contribution in [0.2, 0.25) is 0 Å². The van der Waals surface area contributed by atoms with Gasteiger partial charge in [0.2, 0.25) is 0 Å². The molecule has 2 atom stereocenters. The predicted octanol–water partition coefficient (Wildman–Crippen LogP) is 3.80. The first-order valence-electron chi connectivity index (χ1n) is 6.97. The summed E-state index contributed by atoms with van der Waals surface area (Å²) in [5.41, 5.74) is 0.968. The average Bonchev–Trinajstić information content (AvgIpc) is 2.48. The molecule has 1 aliphatic rings. The maximum absolute atomic E-state index is 12.1. The molecule has 2 aromatic carbocycles. The molecule has 0 aromatic heterocycles. The number of carbonyl (C=O) groups is 1. The minimum absolute atomic E-state index is 0.0160. The van der Waals surface area contributed by atoms with E-state index in [1.54, 1.807) is 13.8 Å². The fraction of sp³-hybridized carbons (Fsp3) is 0.235. The Hall–Kier alpha value is -2.14. The molecule has 2 aromatic rings. The van der Waals surface area contributed by atoms with Crippen molar-refractivity contribution in [2.75, 3.05) is 0 Å². The maximum atomic E-state index is 12.1. The van der Waals surface area contributed by atoms with E-state index in [9.17, 15) is 15.0 Å². The molecule has 0 saturated carbocycles. The Bertz CT molecular complexity index is 727. The highest BCUT2D eigenvalue weighted by atomic mass is 32.2. The maximum Gasteiger partial charge on any atom is 0.342 e. The highest BCUT2D eigenvalue weighted by molar-refractivity contribution is 7.99. The number of hydrogen-bond donors (Lipinski definition) is 2. The van der Waals surface area contributed by atoms with Crippen molar-refractivity contribution in [2.24, 2.45) is 0 Å². The van der Waals surface area contributed by atoms with Crippen LogP contribution in [0.1, 0.15) is 33.7 Å². The lowest BCUT2D eigenvalue weighted by molar-refractivity contribution is 0.0286. The molecule has 3 rings (SSSR count). The van der Waals surface area contributed by atoms with Crippen LogP contribution < -0.4 is 0 Å². The molecule has 0 bridgehead atoms. The highest BCUT2D eigenvalue weighted by Crippen LogP contribution is 2.49. The van der Waals surface area contributed by atoms with Gasteiger partial charge in [0.15, 0.2) is 0 Å². The summed E-state index contributed by atoms with van der Waals surface area (Å²) >= 11 is 1.50. The summed E-state index contributed by atoms with van der Waals surface area (Å²) < 4.78 is 5.36. The van der Waals surface area contributed by atoms with Crippen LogP contribution in [0, 0.1) is 6.92 Å². The van der Waals surface area contributed by atoms with Crippen molar-refractivity contribution in [3.05, 3.63) is 53.1 Å². The van der Waals surface area contributed by atoms with E-state index in [2.05, 4.69) is 0 Å². The zero-order chi connectivity index (χ0) is 15.9. The smallest absolute Gasteiger partial charge is 0.342 e. The fourth-order valence-electron chi connectivity index (χ4n) is 2.62. The van der Waals surface area contributed by atoms with Gasteiger partial charge >= 0.3 is 5.97 Å². The van der Waals surface area contributed by atoms with Crippen molar-refractivity contribution in [3.8, 4) is 11.5 Å². The molecule has 0 aliphatic carbocycles. The number of carbonyl (C=O) groups excluding carboxylic acids is 1. The van der Waals surface area contributed by atoms with Gasteiger partial charge < -0.3 is 14.9 Å². The fourth-order valence-corrected chi connectivity index (χ4v) is 3.83. The first kappa shape index (κ1) is 14.8. The van der Waals surface area contributed by atoms with Gasteiger partial charge in [-0.25, -0.2) is 4.79 Å². The SMILES string of the molecule is Cc1cc(O)c2c(c1O)C(=O)O[C@H](C)[C@@H]2Sc1ccccc1. The van der Waals surface area contributed by atoms with E-state index in [0.717, 1.165) is 4.90 Å². The molecule has 0 amide bonds. The molecule has 0 unspecified atom stereocenters. The number of phenolic OH excluding ortho intramolecular Hbond substituents is 2. The van der Waals surface area contributed by atoms with Crippen molar-refractivity contribution in [1.29, 1.82) is 0 Å². The number of esters is 1. The standard InChI is InChI=1S/C17H16O4S/c1-9-8-12(18)13-14(15(9)19)17(20)21-10(2)16(13)22-11-6-4-3-5-7-11/h3-8,10,16,18-19H,1-2H3/t10-,16+/m1/s1. The number of thioether (sulfide) groups is 1.